The summed E-state index contributed by atoms with van der Waals surface area (Å²) in [6.45, 7) is 3.95. The zero-order valence-electron chi connectivity index (χ0n) is 13.7. The van der Waals surface area contributed by atoms with E-state index in [1.54, 1.807) is 6.07 Å². The molecule has 0 bridgehead atoms. The first-order valence-electron chi connectivity index (χ1n) is 7.18. The van der Waals surface area contributed by atoms with Crippen LogP contribution in [0, 0.1) is 0 Å². The summed E-state index contributed by atoms with van der Waals surface area (Å²) in [5.74, 6) is 0.252. The Morgan fingerprint density at radius 1 is 1.22 bits per heavy atom. The molecular formula is C15H21NO6S. The molecule has 0 fully saturated rings. The molecule has 1 heterocycles. The molecule has 7 nitrogen and oxygen atoms in total. The predicted molar refractivity (Wildman–Crippen MR) is 83.1 cm³/mol. The van der Waals surface area contributed by atoms with Crippen molar-refractivity contribution in [2.75, 3.05) is 27.4 Å². The molecule has 2 rings (SSSR count). The number of likely N-dealkylation sites (N-methyl/N-ethyl adjacent to an activating group) is 1. The molecule has 1 aromatic rings. The molecule has 0 radical (unpaired) electrons. The van der Waals surface area contributed by atoms with Crippen LogP contribution in [0.1, 0.15) is 20.3 Å². The van der Waals surface area contributed by atoms with Crippen molar-refractivity contribution in [1.29, 1.82) is 0 Å². The first-order chi connectivity index (χ1) is 10.7. The molecule has 23 heavy (non-hydrogen) atoms. The van der Waals surface area contributed by atoms with Crippen molar-refractivity contribution in [3.05, 3.63) is 18.2 Å². The van der Waals surface area contributed by atoms with E-state index < -0.39 is 21.5 Å². The second-order valence-electron chi connectivity index (χ2n) is 5.68. The maximum absolute atomic E-state index is 12.8. The summed E-state index contributed by atoms with van der Waals surface area (Å²) in [7, 11) is -1.34. The number of carbonyl (C=O) groups excluding carboxylic acids is 1. The van der Waals surface area contributed by atoms with E-state index in [-0.39, 0.29) is 4.90 Å². The van der Waals surface area contributed by atoms with Crippen molar-refractivity contribution in [3.63, 3.8) is 0 Å². The molecule has 0 saturated carbocycles. The SMILES string of the molecule is COC(=O)C(C)(C)N(C)S(=O)(=O)c1ccc2c(c1)OCCCO2. The van der Waals surface area contributed by atoms with E-state index in [1.807, 2.05) is 0 Å². The number of benzene rings is 1. The minimum Gasteiger partial charge on any atom is -0.490 e. The fourth-order valence-corrected chi connectivity index (χ4v) is 3.63. The number of carbonyl (C=O) groups is 1. The molecule has 0 aromatic heterocycles. The van der Waals surface area contributed by atoms with E-state index in [1.165, 1.54) is 40.1 Å². The summed E-state index contributed by atoms with van der Waals surface area (Å²) in [4.78, 5) is 11.9. The van der Waals surface area contributed by atoms with Crippen LogP contribution in [-0.2, 0) is 19.6 Å². The van der Waals surface area contributed by atoms with Crippen LogP contribution < -0.4 is 9.47 Å². The van der Waals surface area contributed by atoms with Crippen LogP contribution >= 0.6 is 0 Å². The molecule has 0 N–H and O–H groups in total. The molecule has 0 spiro atoms. The Morgan fingerprint density at radius 3 is 2.43 bits per heavy atom. The van der Waals surface area contributed by atoms with Gasteiger partial charge in [-0.2, -0.15) is 4.31 Å². The third-order valence-electron chi connectivity index (χ3n) is 3.85. The fraction of sp³-hybridized carbons (Fsp3) is 0.533. The Morgan fingerprint density at radius 2 is 1.83 bits per heavy atom. The molecule has 1 aromatic carbocycles. The van der Waals surface area contributed by atoms with Gasteiger partial charge in [0.2, 0.25) is 10.0 Å². The second kappa shape index (κ2) is 6.37. The number of fused-ring (bicyclic) bond motifs is 1. The van der Waals surface area contributed by atoms with Gasteiger partial charge in [0.25, 0.3) is 0 Å². The van der Waals surface area contributed by atoms with Gasteiger partial charge in [-0.05, 0) is 26.0 Å². The maximum Gasteiger partial charge on any atom is 0.326 e. The number of hydrogen-bond donors (Lipinski definition) is 0. The monoisotopic (exact) mass is 343 g/mol. The molecule has 0 amide bonds. The predicted octanol–water partition coefficient (Wildman–Crippen LogP) is 1.42. The van der Waals surface area contributed by atoms with Crippen molar-refractivity contribution in [2.45, 2.75) is 30.7 Å². The van der Waals surface area contributed by atoms with Crippen LogP contribution in [0.5, 0.6) is 11.5 Å². The van der Waals surface area contributed by atoms with Crippen molar-refractivity contribution in [1.82, 2.24) is 4.31 Å². The molecule has 0 saturated heterocycles. The number of esters is 1. The number of rotatable bonds is 4. The molecular weight excluding hydrogens is 322 g/mol. The molecule has 128 valence electrons. The zero-order chi connectivity index (χ0) is 17.3. The van der Waals surface area contributed by atoms with E-state index in [0.717, 1.165) is 10.7 Å². The Bertz CT molecular complexity index is 698. The van der Waals surface area contributed by atoms with Gasteiger partial charge < -0.3 is 14.2 Å². The molecule has 1 aliphatic rings. The Labute approximate surface area is 136 Å². The van der Waals surface area contributed by atoms with Crippen LogP contribution in [0.25, 0.3) is 0 Å². The topological polar surface area (TPSA) is 82.1 Å². The highest BCUT2D eigenvalue weighted by molar-refractivity contribution is 7.89. The van der Waals surface area contributed by atoms with Crippen LogP contribution in [0.15, 0.2) is 23.1 Å². The van der Waals surface area contributed by atoms with Crippen LogP contribution in [0.3, 0.4) is 0 Å². The van der Waals surface area contributed by atoms with E-state index in [2.05, 4.69) is 4.74 Å². The van der Waals surface area contributed by atoms with E-state index in [9.17, 15) is 13.2 Å². The smallest absolute Gasteiger partial charge is 0.326 e. The Hall–Kier alpha value is -1.80. The van der Waals surface area contributed by atoms with Crippen LogP contribution in [-0.4, -0.2) is 51.6 Å². The summed E-state index contributed by atoms with van der Waals surface area (Å²) in [6.07, 6.45) is 0.728. The van der Waals surface area contributed by atoms with Crippen LogP contribution in [0.2, 0.25) is 0 Å². The fourth-order valence-electron chi connectivity index (χ4n) is 2.14. The lowest BCUT2D eigenvalue weighted by Gasteiger charge is -2.31. The van der Waals surface area contributed by atoms with Gasteiger partial charge in [-0.15, -0.1) is 0 Å². The number of sulfonamides is 1. The van der Waals surface area contributed by atoms with Gasteiger partial charge >= 0.3 is 5.97 Å². The van der Waals surface area contributed by atoms with Gasteiger partial charge in [0, 0.05) is 19.5 Å². The van der Waals surface area contributed by atoms with Gasteiger partial charge in [-0.25, -0.2) is 8.42 Å². The lowest BCUT2D eigenvalue weighted by molar-refractivity contribution is -0.149. The molecule has 0 unspecified atom stereocenters. The normalized spacial score (nSPS) is 15.2. The summed E-state index contributed by atoms with van der Waals surface area (Å²) >= 11 is 0. The molecule has 1 aliphatic heterocycles. The summed E-state index contributed by atoms with van der Waals surface area (Å²) in [6, 6.07) is 4.42. The second-order valence-corrected chi connectivity index (χ2v) is 7.65. The van der Waals surface area contributed by atoms with Gasteiger partial charge in [0.1, 0.15) is 5.54 Å². The van der Waals surface area contributed by atoms with E-state index >= 15 is 0 Å². The third-order valence-corrected chi connectivity index (χ3v) is 5.88. The minimum atomic E-state index is -3.90. The largest absolute Gasteiger partial charge is 0.490 e. The molecule has 0 atom stereocenters. The molecule has 8 heteroatoms. The Balaban J connectivity index is 2.40. The summed E-state index contributed by atoms with van der Waals surface area (Å²) < 4.78 is 42.3. The number of nitrogens with zero attached hydrogens (tertiary/aromatic N) is 1. The molecule has 0 aliphatic carbocycles. The number of hydrogen-bond acceptors (Lipinski definition) is 6. The van der Waals surface area contributed by atoms with Gasteiger partial charge in [-0.3, -0.25) is 4.79 Å². The average Bonchev–Trinajstić information content (AvgIpc) is 2.77. The highest BCUT2D eigenvalue weighted by Crippen LogP contribution is 2.34. The quantitative estimate of drug-likeness (QED) is 0.769. The average molecular weight is 343 g/mol. The van der Waals surface area contributed by atoms with Crippen molar-refractivity contribution in [3.8, 4) is 11.5 Å². The lowest BCUT2D eigenvalue weighted by Crippen LogP contribution is -2.51. The first kappa shape index (κ1) is 17.6. The van der Waals surface area contributed by atoms with E-state index in [0.29, 0.717) is 24.7 Å². The standard InChI is InChI=1S/C15H21NO6S/c1-15(2,14(17)20-4)16(3)23(18,19)11-6-7-12-13(10-11)22-9-5-8-21-12/h6-7,10H,5,8-9H2,1-4H3. The van der Waals surface area contributed by atoms with Gasteiger partial charge in [0.05, 0.1) is 25.2 Å². The number of methoxy groups -OCH3 is 1. The van der Waals surface area contributed by atoms with Crippen molar-refractivity contribution >= 4 is 16.0 Å². The van der Waals surface area contributed by atoms with Crippen molar-refractivity contribution in [2.24, 2.45) is 0 Å². The first-order valence-corrected chi connectivity index (χ1v) is 8.62. The number of ether oxygens (including phenoxy) is 3. The summed E-state index contributed by atoms with van der Waals surface area (Å²) in [5.41, 5.74) is -1.34. The van der Waals surface area contributed by atoms with Gasteiger partial charge in [-0.1, -0.05) is 0 Å². The third kappa shape index (κ3) is 3.28. The summed E-state index contributed by atoms with van der Waals surface area (Å²) in [5, 5.41) is 0. The van der Waals surface area contributed by atoms with Gasteiger partial charge in [0.15, 0.2) is 11.5 Å². The Kier molecular flexibility index (Phi) is 4.86. The van der Waals surface area contributed by atoms with E-state index in [4.69, 9.17) is 9.47 Å². The van der Waals surface area contributed by atoms with Crippen molar-refractivity contribution < 1.29 is 27.4 Å². The highest BCUT2D eigenvalue weighted by atomic mass is 32.2. The zero-order valence-corrected chi connectivity index (χ0v) is 14.5. The minimum absolute atomic E-state index is 0.0289. The van der Waals surface area contributed by atoms with Crippen LogP contribution in [0.4, 0.5) is 0 Å². The maximum atomic E-state index is 12.8. The highest BCUT2D eigenvalue weighted by Gasteiger charge is 2.41. The lowest BCUT2D eigenvalue weighted by atomic mass is 10.1.